The van der Waals surface area contributed by atoms with E-state index in [1.54, 1.807) is 20.2 Å². The molecule has 0 radical (unpaired) electrons. The molecule has 1 amide bonds. The first-order chi connectivity index (χ1) is 13.7. The molecule has 28 heavy (non-hydrogen) atoms. The molecule has 0 saturated heterocycles. The second-order valence-electron chi connectivity index (χ2n) is 6.53. The van der Waals surface area contributed by atoms with Crippen LogP contribution in [0.15, 0.2) is 66.7 Å². The number of benzene rings is 2. The molecule has 0 aliphatic carbocycles. The third kappa shape index (κ3) is 3.34. The first-order valence-electron chi connectivity index (χ1n) is 9.11. The number of rotatable bonds is 5. The summed E-state index contributed by atoms with van der Waals surface area (Å²) in [5.74, 6) is 0.619. The van der Waals surface area contributed by atoms with Crippen LogP contribution in [0.4, 0.5) is 0 Å². The van der Waals surface area contributed by atoms with Crippen LogP contribution in [-0.4, -0.2) is 30.0 Å². The molecule has 0 saturated carbocycles. The average Bonchev–Trinajstić information content (AvgIpc) is 3.11. The quantitative estimate of drug-likeness (QED) is 0.553. The summed E-state index contributed by atoms with van der Waals surface area (Å²) in [4.78, 5) is 20.0. The van der Waals surface area contributed by atoms with Gasteiger partial charge in [0.05, 0.1) is 12.8 Å². The molecule has 0 spiro atoms. The van der Waals surface area contributed by atoms with E-state index in [1.807, 2.05) is 42.5 Å². The molecule has 2 heterocycles. The van der Waals surface area contributed by atoms with Crippen molar-refractivity contribution in [1.29, 1.82) is 0 Å². The molecule has 5 nitrogen and oxygen atoms in total. The summed E-state index contributed by atoms with van der Waals surface area (Å²) in [6.45, 7) is 0. The lowest BCUT2D eigenvalue weighted by atomic mass is 10.0. The smallest absolute Gasteiger partial charge is 0.269 e. The van der Waals surface area contributed by atoms with Crippen molar-refractivity contribution in [3.05, 3.63) is 83.7 Å². The molecule has 4 aromatic rings. The number of methoxy groups -OCH3 is 1. The molecule has 4 rings (SSSR count). The van der Waals surface area contributed by atoms with Gasteiger partial charge in [-0.1, -0.05) is 36.4 Å². The maximum atomic E-state index is 11.9. The van der Waals surface area contributed by atoms with E-state index in [0.717, 1.165) is 39.2 Å². The first-order valence-corrected chi connectivity index (χ1v) is 9.11. The van der Waals surface area contributed by atoms with Gasteiger partial charge >= 0.3 is 0 Å². The van der Waals surface area contributed by atoms with Crippen LogP contribution in [0.25, 0.3) is 22.2 Å². The standard InChI is InChI=1S/C23H21N3O2/c1-24-23(27)20-10-6-9-16(25-20)13-19-18-12-11-17(28-2)14-21(18)26-22(19)15-7-4-3-5-8-15/h3-12,14,26H,13H2,1-2H3,(H,24,27). The minimum atomic E-state index is -0.186. The summed E-state index contributed by atoms with van der Waals surface area (Å²) >= 11 is 0. The lowest BCUT2D eigenvalue weighted by Gasteiger charge is -2.07. The average molecular weight is 371 g/mol. The first kappa shape index (κ1) is 17.8. The van der Waals surface area contributed by atoms with Crippen LogP contribution in [0.5, 0.6) is 5.75 Å². The Morgan fingerprint density at radius 1 is 1.07 bits per heavy atom. The molecule has 0 aliphatic rings. The Kier molecular flexibility index (Phi) is 4.81. The van der Waals surface area contributed by atoms with Gasteiger partial charge in [0.25, 0.3) is 5.91 Å². The monoisotopic (exact) mass is 371 g/mol. The van der Waals surface area contributed by atoms with Crippen molar-refractivity contribution in [3.8, 4) is 17.0 Å². The largest absolute Gasteiger partial charge is 0.497 e. The number of hydrogen-bond donors (Lipinski definition) is 2. The van der Waals surface area contributed by atoms with E-state index in [-0.39, 0.29) is 5.91 Å². The van der Waals surface area contributed by atoms with Crippen LogP contribution in [0.2, 0.25) is 0 Å². The highest BCUT2D eigenvalue weighted by atomic mass is 16.5. The number of aromatic amines is 1. The Labute approximate surface area is 163 Å². The van der Waals surface area contributed by atoms with Crippen LogP contribution >= 0.6 is 0 Å². The zero-order valence-corrected chi connectivity index (χ0v) is 15.8. The maximum Gasteiger partial charge on any atom is 0.269 e. The van der Waals surface area contributed by atoms with Crippen LogP contribution in [-0.2, 0) is 6.42 Å². The van der Waals surface area contributed by atoms with Gasteiger partial charge in [0.2, 0.25) is 0 Å². The number of H-pyrrole nitrogens is 1. The highest BCUT2D eigenvalue weighted by Crippen LogP contribution is 2.33. The maximum absolute atomic E-state index is 11.9. The zero-order valence-electron chi connectivity index (χ0n) is 15.8. The number of nitrogens with zero attached hydrogens (tertiary/aromatic N) is 1. The normalized spacial score (nSPS) is 10.8. The van der Waals surface area contributed by atoms with E-state index in [2.05, 4.69) is 33.5 Å². The zero-order chi connectivity index (χ0) is 19.5. The molecular weight excluding hydrogens is 350 g/mol. The molecule has 0 fully saturated rings. The van der Waals surface area contributed by atoms with Crippen molar-refractivity contribution < 1.29 is 9.53 Å². The summed E-state index contributed by atoms with van der Waals surface area (Å²) in [7, 11) is 3.27. The summed E-state index contributed by atoms with van der Waals surface area (Å²) < 4.78 is 5.37. The predicted molar refractivity (Wildman–Crippen MR) is 111 cm³/mol. The number of pyridine rings is 1. The number of carbonyl (C=O) groups is 1. The Hall–Kier alpha value is -3.60. The van der Waals surface area contributed by atoms with Crippen LogP contribution in [0, 0.1) is 0 Å². The van der Waals surface area contributed by atoms with Crippen molar-refractivity contribution in [3.63, 3.8) is 0 Å². The molecule has 2 N–H and O–H groups in total. The molecule has 0 atom stereocenters. The van der Waals surface area contributed by atoms with Crippen molar-refractivity contribution in [1.82, 2.24) is 15.3 Å². The molecule has 2 aromatic heterocycles. The number of amides is 1. The highest BCUT2D eigenvalue weighted by molar-refractivity contribution is 5.93. The summed E-state index contributed by atoms with van der Waals surface area (Å²) in [5, 5.41) is 3.74. The van der Waals surface area contributed by atoms with Crippen LogP contribution in [0.1, 0.15) is 21.7 Å². The predicted octanol–water partition coefficient (Wildman–Crippen LogP) is 4.19. The lowest BCUT2D eigenvalue weighted by molar-refractivity contribution is 0.0958. The van der Waals surface area contributed by atoms with Gasteiger partial charge in [0.1, 0.15) is 11.4 Å². The van der Waals surface area contributed by atoms with Gasteiger partial charge < -0.3 is 15.0 Å². The Bertz CT molecular complexity index is 1130. The van der Waals surface area contributed by atoms with E-state index < -0.39 is 0 Å². The second kappa shape index (κ2) is 7.56. The third-order valence-electron chi connectivity index (χ3n) is 4.80. The number of ether oxygens (including phenoxy) is 1. The fraction of sp³-hybridized carbons (Fsp3) is 0.130. The Morgan fingerprint density at radius 3 is 2.64 bits per heavy atom. The molecule has 5 heteroatoms. The van der Waals surface area contributed by atoms with Gasteiger partial charge in [-0.05, 0) is 35.4 Å². The lowest BCUT2D eigenvalue weighted by Crippen LogP contribution is -2.19. The minimum absolute atomic E-state index is 0.186. The number of nitrogens with one attached hydrogen (secondary N) is 2. The van der Waals surface area contributed by atoms with E-state index in [4.69, 9.17) is 4.74 Å². The molecular formula is C23H21N3O2. The van der Waals surface area contributed by atoms with E-state index in [9.17, 15) is 4.79 Å². The summed E-state index contributed by atoms with van der Waals surface area (Å²) in [6.07, 6.45) is 0.612. The SMILES string of the molecule is CNC(=O)c1cccc(Cc2c(-c3ccccc3)[nH]c3cc(OC)ccc23)n1. The minimum Gasteiger partial charge on any atom is -0.497 e. The summed E-state index contributed by atoms with van der Waals surface area (Å²) in [6, 6.07) is 21.8. The van der Waals surface area contributed by atoms with E-state index in [1.165, 1.54) is 0 Å². The van der Waals surface area contributed by atoms with Gasteiger partial charge in [0.15, 0.2) is 0 Å². The van der Waals surface area contributed by atoms with Gasteiger partial charge in [-0.3, -0.25) is 4.79 Å². The van der Waals surface area contributed by atoms with E-state index in [0.29, 0.717) is 12.1 Å². The van der Waals surface area contributed by atoms with Gasteiger partial charge in [-0.15, -0.1) is 0 Å². The Balaban J connectivity index is 1.84. The molecule has 0 unspecified atom stereocenters. The fourth-order valence-electron chi connectivity index (χ4n) is 3.41. The molecule has 0 aliphatic heterocycles. The molecule has 0 bridgehead atoms. The third-order valence-corrected chi connectivity index (χ3v) is 4.80. The Morgan fingerprint density at radius 2 is 1.89 bits per heavy atom. The highest BCUT2D eigenvalue weighted by Gasteiger charge is 2.16. The van der Waals surface area contributed by atoms with Crippen LogP contribution < -0.4 is 10.1 Å². The number of carbonyl (C=O) groups excluding carboxylic acids is 1. The van der Waals surface area contributed by atoms with Crippen LogP contribution in [0.3, 0.4) is 0 Å². The van der Waals surface area contributed by atoms with Gasteiger partial charge in [-0.2, -0.15) is 0 Å². The van der Waals surface area contributed by atoms with Gasteiger partial charge in [-0.25, -0.2) is 4.98 Å². The summed E-state index contributed by atoms with van der Waals surface area (Å²) in [5.41, 5.74) is 5.57. The van der Waals surface area contributed by atoms with Crippen molar-refractivity contribution in [2.45, 2.75) is 6.42 Å². The topological polar surface area (TPSA) is 67.0 Å². The van der Waals surface area contributed by atoms with Crippen molar-refractivity contribution >= 4 is 16.8 Å². The molecule has 2 aromatic carbocycles. The fourth-order valence-corrected chi connectivity index (χ4v) is 3.41. The molecule has 140 valence electrons. The van der Waals surface area contributed by atoms with Crippen molar-refractivity contribution in [2.24, 2.45) is 0 Å². The number of hydrogen-bond acceptors (Lipinski definition) is 3. The van der Waals surface area contributed by atoms with Crippen molar-refractivity contribution in [2.75, 3.05) is 14.2 Å². The number of aromatic nitrogens is 2. The number of fused-ring (bicyclic) bond motifs is 1. The van der Waals surface area contributed by atoms with Gasteiger partial charge in [0, 0.05) is 36.1 Å². The van der Waals surface area contributed by atoms with E-state index >= 15 is 0 Å². The second-order valence-corrected chi connectivity index (χ2v) is 6.53.